The van der Waals surface area contributed by atoms with Crippen molar-refractivity contribution in [3.63, 3.8) is 0 Å². The zero-order valence-corrected chi connectivity index (χ0v) is 16.5. The molecule has 0 radical (unpaired) electrons. The Balaban J connectivity index is 1.45. The van der Waals surface area contributed by atoms with Gasteiger partial charge in [-0.2, -0.15) is 4.98 Å². The number of hydrogen-bond acceptors (Lipinski definition) is 8. The van der Waals surface area contributed by atoms with Crippen LogP contribution in [0.5, 0.6) is 0 Å². The van der Waals surface area contributed by atoms with Crippen molar-refractivity contribution in [2.75, 3.05) is 20.2 Å². The summed E-state index contributed by atoms with van der Waals surface area (Å²) in [6.07, 6.45) is 7.11. The molecule has 0 bridgehead atoms. The molecule has 9 nitrogen and oxygen atoms in total. The van der Waals surface area contributed by atoms with Crippen LogP contribution in [0.15, 0.2) is 47.4 Å². The van der Waals surface area contributed by atoms with Gasteiger partial charge in [0.1, 0.15) is 5.69 Å². The zero-order chi connectivity index (χ0) is 20.9. The average molecular weight is 407 g/mol. The molecule has 0 spiro atoms. The fourth-order valence-corrected chi connectivity index (χ4v) is 3.65. The fraction of sp³-hybridized carbons (Fsp3) is 0.333. The van der Waals surface area contributed by atoms with Gasteiger partial charge in [-0.3, -0.25) is 9.78 Å². The van der Waals surface area contributed by atoms with Gasteiger partial charge in [-0.15, -0.1) is 0 Å². The van der Waals surface area contributed by atoms with Crippen molar-refractivity contribution in [3.8, 4) is 11.5 Å². The van der Waals surface area contributed by atoms with Crippen LogP contribution in [-0.2, 0) is 11.2 Å². The van der Waals surface area contributed by atoms with Crippen molar-refractivity contribution in [2.45, 2.75) is 19.3 Å². The van der Waals surface area contributed by atoms with Crippen molar-refractivity contribution in [1.82, 2.24) is 25.0 Å². The third kappa shape index (κ3) is 4.19. The monoisotopic (exact) mass is 407 g/mol. The lowest BCUT2D eigenvalue weighted by Gasteiger charge is -2.32. The third-order valence-corrected chi connectivity index (χ3v) is 5.09. The Morgan fingerprint density at radius 1 is 1.23 bits per heavy atom. The number of piperidine rings is 1. The van der Waals surface area contributed by atoms with Crippen molar-refractivity contribution >= 4 is 11.9 Å². The summed E-state index contributed by atoms with van der Waals surface area (Å²) < 4.78 is 10.2. The molecule has 3 aromatic rings. The van der Waals surface area contributed by atoms with Crippen LogP contribution in [-0.4, -0.2) is 57.1 Å². The molecule has 4 rings (SSSR count). The highest BCUT2D eigenvalue weighted by molar-refractivity contribution is 6.05. The standard InChI is InChI=1S/C21H21N5O4/c1-29-21(28)16-7-3-2-6-15(16)20(27)26-10-4-5-14(13-26)11-18-24-19(25-30-18)17-12-22-8-9-23-17/h2-3,6-9,12,14H,4-5,10-11,13H2,1H3/t14-/m0/s1. The number of aromatic nitrogens is 4. The molecule has 0 saturated carbocycles. The average Bonchev–Trinajstić information content (AvgIpc) is 3.27. The quantitative estimate of drug-likeness (QED) is 0.593. The Labute approximate surface area is 173 Å². The highest BCUT2D eigenvalue weighted by Crippen LogP contribution is 2.24. The van der Waals surface area contributed by atoms with Crippen LogP contribution in [0.1, 0.15) is 39.4 Å². The van der Waals surface area contributed by atoms with Gasteiger partial charge >= 0.3 is 5.97 Å². The van der Waals surface area contributed by atoms with Crippen LogP contribution in [0.2, 0.25) is 0 Å². The fourth-order valence-electron chi connectivity index (χ4n) is 3.65. The molecule has 1 fully saturated rings. The van der Waals surface area contributed by atoms with E-state index in [-0.39, 0.29) is 17.4 Å². The number of amides is 1. The summed E-state index contributed by atoms with van der Waals surface area (Å²) in [4.78, 5) is 39.5. The number of esters is 1. The number of likely N-dealkylation sites (tertiary alicyclic amines) is 1. The van der Waals surface area contributed by atoms with Gasteiger partial charge in [0, 0.05) is 31.9 Å². The van der Waals surface area contributed by atoms with E-state index in [1.807, 2.05) is 0 Å². The Bertz CT molecular complexity index is 1040. The van der Waals surface area contributed by atoms with Crippen LogP contribution in [0.4, 0.5) is 0 Å². The van der Waals surface area contributed by atoms with E-state index in [9.17, 15) is 9.59 Å². The summed E-state index contributed by atoms with van der Waals surface area (Å²) in [6, 6.07) is 6.72. The van der Waals surface area contributed by atoms with Crippen LogP contribution < -0.4 is 0 Å². The second-order valence-electron chi connectivity index (χ2n) is 7.10. The summed E-state index contributed by atoms with van der Waals surface area (Å²) in [5, 5.41) is 3.97. The van der Waals surface area contributed by atoms with Gasteiger partial charge < -0.3 is 14.2 Å². The van der Waals surface area contributed by atoms with Crippen LogP contribution in [0.25, 0.3) is 11.5 Å². The molecule has 0 aliphatic carbocycles. The molecule has 0 N–H and O–H groups in total. The lowest BCUT2D eigenvalue weighted by atomic mass is 9.94. The van der Waals surface area contributed by atoms with E-state index >= 15 is 0 Å². The zero-order valence-electron chi connectivity index (χ0n) is 16.5. The molecular formula is C21H21N5O4. The maximum absolute atomic E-state index is 13.1. The lowest BCUT2D eigenvalue weighted by molar-refractivity contribution is 0.0581. The number of benzene rings is 1. The van der Waals surface area contributed by atoms with Gasteiger partial charge in [-0.1, -0.05) is 17.3 Å². The maximum atomic E-state index is 13.1. The first kappa shape index (κ1) is 19.7. The minimum atomic E-state index is -0.519. The first-order chi connectivity index (χ1) is 14.7. The van der Waals surface area contributed by atoms with Crippen LogP contribution in [0, 0.1) is 5.92 Å². The summed E-state index contributed by atoms with van der Waals surface area (Å²) in [5.41, 5.74) is 1.18. The van der Waals surface area contributed by atoms with Gasteiger partial charge in [0.05, 0.1) is 24.4 Å². The first-order valence-electron chi connectivity index (χ1n) is 9.71. The minimum Gasteiger partial charge on any atom is -0.465 e. The molecule has 3 heterocycles. The van der Waals surface area contributed by atoms with Crippen LogP contribution >= 0.6 is 0 Å². The van der Waals surface area contributed by atoms with Crippen molar-refractivity contribution in [1.29, 1.82) is 0 Å². The van der Waals surface area contributed by atoms with E-state index in [2.05, 4.69) is 20.1 Å². The summed E-state index contributed by atoms with van der Waals surface area (Å²) in [5.74, 6) is 0.392. The molecule has 1 amide bonds. The largest absolute Gasteiger partial charge is 0.465 e. The molecule has 1 aliphatic rings. The Kier molecular flexibility index (Phi) is 5.78. The van der Waals surface area contributed by atoms with E-state index in [0.29, 0.717) is 42.5 Å². The van der Waals surface area contributed by atoms with Gasteiger partial charge in [-0.25, -0.2) is 9.78 Å². The van der Waals surface area contributed by atoms with Gasteiger partial charge in [-0.05, 0) is 30.9 Å². The molecule has 0 unspecified atom stereocenters. The number of carbonyl (C=O) groups is 2. The maximum Gasteiger partial charge on any atom is 0.338 e. The highest BCUT2D eigenvalue weighted by atomic mass is 16.5. The van der Waals surface area contributed by atoms with E-state index in [1.54, 1.807) is 47.8 Å². The predicted octanol–water partition coefficient (Wildman–Crippen LogP) is 2.41. The first-order valence-corrected chi connectivity index (χ1v) is 9.71. The molecule has 1 aliphatic heterocycles. The summed E-state index contributed by atoms with van der Waals surface area (Å²) in [7, 11) is 1.31. The number of hydrogen-bond donors (Lipinski definition) is 0. The normalized spacial score (nSPS) is 16.3. The number of methoxy groups -OCH3 is 1. The summed E-state index contributed by atoms with van der Waals surface area (Å²) in [6.45, 7) is 1.19. The number of nitrogens with zero attached hydrogens (tertiary/aromatic N) is 5. The molecule has 1 atom stereocenters. The number of ether oxygens (including phenoxy) is 1. The van der Waals surface area contributed by atoms with Crippen LogP contribution in [0.3, 0.4) is 0 Å². The molecule has 9 heteroatoms. The van der Waals surface area contributed by atoms with E-state index in [0.717, 1.165) is 12.8 Å². The molecular weight excluding hydrogens is 386 g/mol. The molecule has 2 aromatic heterocycles. The van der Waals surface area contributed by atoms with E-state index in [1.165, 1.54) is 7.11 Å². The Hall–Kier alpha value is -3.62. The number of carbonyl (C=O) groups excluding carboxylic acids is 2. The second kappa shape index (κ2) is 8.81. The molecule has 30 heavy (non-hydrogen) atoms. The Morgan fingerprint density at radius 2 is 2.07 bits per heavy atom. The van der Waals surface area contributed by atoms with Gasteiger partial charge in [0.25, 0.3) is 5.91 Å². The SMILES string of the molecule is COC(=O)c1ccccc1C(=O)N1CCC[C@@H](Cc2nc(-c3cnccn3)no2)C1. The number of rotatable bonds is 5. The molecule has 1 saturated heterocycles. The molecule has 154 valence electrons. The molecule has 1 aromatic carbocycles. The van der Waals surface area contributed by atoms with Gasteiger partial charge in [0.2, 0.25) is 11.7 Å². The lowest BCUT2D eigenvalue weighted by Crippen LogP contribution is -2.41. The topological polar surface area (TPSA) is 111 Å². The van der Waals surface area contributed by atoms with Crippen molar-refractivity contribution in [2.24, 2.45) is 5.92 Å². The third-order valence-electron chi connectivity index (χ3n) is 5.09. The van der Waals surface area contributed by atoms with E-state index < -0.39 is 5.97 Å². The smallest absolute Gasteiger partial charge is 0.338 e. The Morgan fingerprint density at radius 3 is 2.83 bits per heavy atom. The van der Waals surface area contributed by atoms with Crippen molar-refractivity contribution in [3.05, 3.63) is 59.9 Å². The summed E-state index contributed by atoms with van der Waals surface area (Å²) >= 11 is 0. The van der Waals surface area contributed by atoms with Gasteiger partial charge in [0.15, 0.2) is 0 Å². The highest BCUT2D eigenvalue weighted by Gasteiger charge is 2.28. The van der Waals surface area contributed by atoms with Crippen molar-refractivity contribution < 1.29 is 18.8 Å². The predicted molar refractivity (Wildman–Crippen MR) is 105 cm³/mol. The van der Waals surface area contributed by atoms with E-state index in [4.69, 9.17) is 9.26 Å². The second-order valence-corrected chi connectivity index (χ2v) is 7.10. The minimum absolute atomic E-state index is 0.175.